The predicted molar refractivity (Wildman–Crippen MR) is 143 cm³/mol. The second-order valence-corrected chi connectivity index (χ2v) is 10.1. The first-order valence-corrected chi connectivity index (χ1v) is 14.4. The summed E-state index contributed by atoms with van der Waals surface area (Å²) >= 11 is 22.7. The number of nitro benzene ring substituents is 2. The van der Waals surface area contributed by atoms with Gasteiger partial charge < -0.3 is 18.9 Å². The van der Waals surface area contributed by atoms with Crippen LogP contribution in [-0.2, 0) is 0 Å². The maximum absolute atomic E-state index is 11.7. The molecular weight excluding hydrogens is 602 g/mol. The van der Waals surface area contributed by atoms with Crippen LogP contribution in [0, 0.1) is 20.2 Å². The fraction of sp³-hybridized carbons (Fsp3) is 0.400. The van der Waals surface area contributed by atoms with Crippen molar-refractivity contribution in [2.45, 2.75) is 9.79 Å². The molecule has 0 spiro atoms. The monoisotopic (exact) mass is 620 g/mol. The summed E-state index contributed by atoms with van der Waals surface area (Å²) in [7, 11) is 1.86. The maximum atomic E-state index is 11.7. The van der Waals surface area contributed by atoms with Crippen LogP contribution in [-0.4, -0.2) is 59.8 Å². The van der Waals surface area contributed by atoms with Crippen molar-refractivity contribution >= 4 is 79.4 Å². The first-order valence-electron chi connectivity index (χ1n) is 10.1. The molecule has 0 atom stereocenters. The van der Waals surface area contributed by atoms with E-state index in [0.29, 0.717) is 0 Å². The van der Waals surface area contributed by atoms with E-state index in [1.54, 1.807) is 0 Å². The van der Waals surface area contributed by atoms with Gasteiger partial charge in [0, 0.05) is 12.1 Å². The Hall–Kier alpha value is -1.70. The minimum absolute atomic E-state index is 0.104. The number of nitro groups is 2. The van der Waals surface area contributed by atoms with Gasteiger partial charge in [0.15, 0.2) is 23.0 Å². The average Bonchev–Trinajstić information content (AvgIpc) is 2.87. The summed E-state index contributed by atoms with van der Waals surface area (Å²) in [6, 6.07) is 5.26. The number of ether oxygens (including phenoxy) is 4. The lowest BCUT2D eigenvalue weighted by Crippen LogP contribution is -2.05. The van der Waals surface area contributed by atoms with E-state index in [0.717, 1.165) is 21.6 Å². The van der Waals surface area contributed by atoms with Crippen molar-refractivity contribution in [1.29, 1.82) is 0 Å². The van der Waals surface area contributed by atoms with Crippen molar-refractivity contribution in [2.75, 3.05) is 49.9 Å². The van der Waals surface area contributed by atoms with E-state index in [1.807, 2.05) is 0 Å². The van der Waals surface area contributed by atoms with Crippen LogP contribution in [0.3, 0.4) is 0 Å². The summed E-state index contributed by atoms with van der Waals surface area (Å²) in [5.74, 6) is 1.39. The van der Waals surface area contributed by atoms with Crippen molar-refractivity contribution in [3.63, 3.8) is 0 Å². The van der Waals surface area contributed by atoms with Gasteiger partial charge in [-0.05, 0) is 21.6 Å². The van der Waals surface area contributed by atoms with Crippen LogP contribution in [0.15, 0.2) is 34.1 Å². The summed E-state index contributed by atoms with van der Waals surface area (Å²) in [6.45, 7) is 0.466. The molecule has 0 aliphatic carbocycles. The molecule has 198 valence electrons. The van der Waals surface area contributed by atoms with Crippen molar-refractivity contribution < 1.29 is 28.8 Å². The number of hydrogen-bond donors (Lipinski definition) is 0. The third-order valence-electron chi connectivity index (χ3n) is 4.00. The largest absolute Gasteiger partial charge is 0.488 e. The highest BCUT2D eigenvalue weighted by Crippen LogP contribution is 2.50. The Labute approximate surface area is 234 Å². The van der Waals surface area contributed by atoms with Gasteiger partial charge in [-0.2, -0.15) is 0 Å². The molecule has 0 radical (unpaired) electrons. The van der Waals surface area contributed by atoms with Gasteiger partial charge in [-0.1, -0.05) is 0 Å². The zero-order valence-corrected chi connectivity index (χ0v) is 23.1. The van der Waals surface area contributed by atoms with Crippen molar-refractivity contribution in [3.05, 3.63) is 44.5 Å². The molecule has 0 heterocycles. The molecule has 0 unspecified atom stereocenters. The fourth-order valence-electron chi connectivity index (χ4n) is 2.62. The van der Waals surface area contributed by atoms with Gasteiger partial charge in [-0.3, -0.25) is 20.2 Å². The van der Waals surface area contributed by atoms with Gasteiger partial charge in [-0.15, -0.1) is 46.4 Å². The summed E-state index contributed by atoms with van der Waals surface area (Å²) < 4.78 is 22.1. The van der Waals surface area contributed by atoms with Crippen LogP contribution in [0.2, 0.25) is 0 Å². The van der Waals surface area contributed by atoms with E-state index in [2.05, 4.69) is 0 Å². The second kappa shape index (κ2) is 16.2. The molecule has 2 aromatic carbocycles. The molecule has 0 N–H and O–H groups in total. The van der Waals surface area contributed by atoms with Gasteiger partial charge in [0.05, 0.1) is 45.5 Å². The molecule has 0 aromatic heterocycles. The minimum Gasteiger partial charge on any atom is -0.488 e. The molecule has 0 bridgehead atoms. The zero-order valence-electron chi connectivity index (χ0n) is 18.5. The molecule has 16 heteroatoms. The second-order valence-electron chi connectivity index (χ2n) is 6.36. The number of halogens is 4. The Morgan fingerprint density at radius 2 is 0.861 bits per heavy atom. The zero-order chi connectivity index (χ0) is 26.5. The fourth-order valence-corrected chi connectivity index (χ4v) is 5.19. The summed E-state index contributed by atoms with van der Waals surface area (Å²) in [6.07, 6.45) is 0. The van der Waals surface area contributed by atoms with Crippen molar-refractivity contribution in [3.8, 4) is 23.0 Å². The molecule has 0 saturated heterocycles. The number of alkyl halides is 4. The topological polar surface area (TPSA) is 123 Å². The van der Waals surface area contributed by atoms with Crippen LogP contribution < -0.4 is 18.9 Å². The van der Waals surface area contributed by atoms with E-state index >= 15 is 0 Å². The summed E-state index contributed by atoms with van der Waals surface area (Å²) in [4.78, 5) is 22.7. The van der Waals surface area contributed by atoms with Crippen LogP contribution >= 0.6 is 68.0 Å². The van der Waals surface area contributed by atoms with E-state index in [4.69, 9.17) is 65.4 Å². The highest BCUT2D eigenvalue weighted by molar-refractivity contribution is 8.76. The number of hydrogen-bond acceptors (Lipinski definition) is 10. The highest BCUT2D eigenvalue weighted by atomic mass is 35.5. The lowest BCUT2D eigenvalue weighted by atomic mass is 10.2. The van der Waals surface area contributed by atoms with Gasteiger partial charge in [0.1, 0.15) is 36.2 Å². The molecule has 0 aliphatic heterocycles. The van der Waals surface area contributed by atoms with Crippen molar-refractivity contribution in [2.24, 2.45) is 0 Å². The van der Waals surface area contributed by atoms with Gasteiger partial charge in [0.25, 0.3) is 11.4 Å². The van der Waals surface area contributed by atoms with Crippen LogP contribution in [0.1, 0.15) is 0 Å². The first-order chi connectivity index (χ1) is 17.4. The minimum atomic E-state index is -0.589. The Kier molecular flexibility index (Phi) is 13.7. The number of rotatable bonds is 17. The standard InChI is InChI=1S/C20H20Cl4N2O8S2/c21-1-5-31-15-9-13(25(27)28)19(11-17(15)33-7-3-23)35-36-20-12-18(34-8-4-24)16(32-6-2-22)10-14(20)26(29)30/h9-12H,1-8H2. The molecule has 0 saturated carbocycles. The van der Waals surface area contributed by atoms with E-state index in [-0.39, 0.29) is 94.1 Å². The summed E-state index contributed by atoms with van der Waals surface area (Å²) in [5, 5.41) is 23.5. The molecule has 10 nitrogen and oxygen atoms in total. The Bertz CT molecular complexity index is 970. The van der Waals surface area contributed by atoms with Crippen LogP contribution in [0.5, 0.6) is 23.0 Å². The highest BCUT2D eigenvalue weighted by Gasteiger charge is 2.25. The number of benzene rings is 2. The van der Waals surface area contributed by atoms with Gasteiger partial charge in [-0.25, -0.2) is 0 Å². The third-order valence-corrected chi connectivity index (χ3v) is 7.05. The Morgan fingerprint density at radius 1 is 0.583 bits per heavy atom. The lowest BCUT2D eigenvalue weighted by molar-refractivity contribution is -0.388. The van der Waals surface area contributed by atoms with E-state index < -0.39 is 9.85 Å². The maximum Gasteiger partial charge on any atom is 0.287 e. The SMILES string of the molecule is O=[N+]([O-])c1cc(OCCCl)c(OCCCl)cc1SSc1cc(OCCCl)c(OCCCl)cc1[N+](=O)[O-]. The molecule has 2 rings (SSSR count). The normalized spacial score (nSPS) is 10.7. The number of nitrogens with zero attached hydrogens (tertiary/aromatic N) is 2. The van der Waals surface area contributed by atoms with E-state index in [1.165, 1.54) is 24.3 Å². The molecule has 0 amide bonds. The Morgan fingerprint density at radius 3 is 1.11 bits per heavy atom. The van der Waals surface area contributed by atoms with Crippen LogP contribution in [0.25, 0.3) is 0 Å². The van der Waals surface area contributed by atoms with Gasteiger partial charge in [0.2, 0.25) is 0 Å². The summed E-state index contributed by atoms with van der Waals surface area (Å²) in [5.41, 5.74) is -0.558. The van der Waals surface area contributed by atoms with Crippen molar-refractivity contribution in [1.82, 2.24) is 0 Å². The average molecular weight is 622 g/mol. The predicted octanol–water partition coefficient (Wildman–Crippen LogP) is 6.77. The molecular formula is C20H20Cl4N2O8S2. The third kappa shape index (κ3) is 9.00. The lowest BCUT2D eigenvalue weighted by Gasteiger charge is -2.14. The molecule has 0 aliphatic rings. The van der Waals surface area contributed by atoms with E-state index in [9.17, 15) is 20.2 Å². The Balaban J connectivity index is 2.46. The van der Waals surface area contributed by atoms with Crippen LogP contribution in [0.4, 0.5) is 11.4 Å². The smallest absolute Gasteiger partial charge is 0.287 e. The quantitative estimate of drug-likeness (QED) is 0.0808. The molecule has 2 aromatic rings. The van der Waals surface area contributed by atoms with Gasteiger partial charge >= 0.3 is 0 Å². The first kappa shape index (κ1) is 30.5. The molecule has 0 fully saturated rings. The molecule has 36 heavy (non-hydrogen) atoms.